The molecule has 5 nitrogen and oxygen atoms in total. The van der Waals surface area contributed by atoms with Gasteiger partial charge >= 0.3 is 0 Å². The molecule has 22 heavy (non-hydrogen) atoms. The van der Waals surface area contributed by atoms with Crippen LogP contribution >= 0.6 is 0 Å². The summed E-state index contributed by atoms with van der Waals surface area (Å²) in [6.07, 6.45) is 2.95. The highest BCUT2D eigenvalue weighted by molar-refractivity contribution is 5.98. The van der Waals surface area contributed by atoms with Crippen molar-refractivity contribution in [3.63, 3.8) is 0 Å². The number of hydrogen-bond donors (Lipinski definition) is 0. The molecule has 0 N–H and O–H groups in total. The molecular formula is C17H22N2O3. The number of hydrogen-bond acceptors (Lipinski definition) is 3. The zero-order valence-electron chi connectivity index (χ0n) is 13.0. The monoisotopic (exact) mass is 302 g/mol. The SMILES string of the molecule is CC(=O)N(CC(=O)N1CCc2ccccc21)CC1CCCO1. The van der Waals surface area contributed by atoms with Crippen molar-refractivity contribution in [1.82, 2.24) is 4.90 Å². The maximum absolute atomic E-state index is 12.6. The van der Waals surface area contributed by atoms with E-state index in [2.05, 4.69) is 6.07 Å². The zero-order valence-corrected chi connectivity index (χ0v) is 13.0. The zero-order chi connectivity index (χ0) is 15.5. The molecule has 1 aromatic carbocycles. The van der Waals surface area contributed by atoms with Gasteiger partial charge in [0.05, 0.1) is 6.10 Å². The van der Waals surface area contributed by atoms with Crippen LogP contribution in [0.5, 0.6) is 0 Å². The van der Waals surface area contributed by atoms with E-state index in [4.69, 9.17) is 4.74 Å². The molecule has 1 atom stereocenters. The van der Waals surface area contributed by atoms with Crippen LogP contribution in [-0.4, -0.2) is 49.1 Å². The molecule has 1 unspecified atom stereocenters. The fraction of sp³-hybridized carbons (Fsp3) is 0.529. The number of anilines is 1. The van der Waals surface area contributed by atoms with Gasteiger partial charge in [-0.1, -0.05) is 18.2 Å². The van der Waals surface area contributed by atoms with Crippen molar-refractivity contribution in [2.24, 2.45) is 0 Å². The van der Waals surface area contributed by atoms with Crippen LogP contribution in [0.15, 0.2) is 24.3 Å². The molecule has 0 aliphatic carbocycles. The summed E-state index contributed by atoms with van der Waals surface area (Å²) in [4.78, 5) is 27.8. The fourth-order valence-electron chi connectivity index (χ4n) is 3.18. The van der Waals surface area contributed by atoms with E-state index < -0.39 is 0 Å². The number of para-hydroxylation sites is 1. The smallest absolute Gasteiger partial charge is 0.246 e. The number of carbonyl (C=O) groups excluding carboxylic acids is 2. The van der Waals surface area contributed by atoms with Gasteiger partial charge < -0.3 is 14.5 Å². The van der Waals surface area contributed by atoms with E-state index in [0.717, 1.165) is 31.6 Å². The minimum Gasteiger partial charge on any atom is -0.376 e. The van der Waals surface area contributed by atoms with Crippen LogP contribution in [0.25, 0.3) is 0 Å². The Labute approximate surface area is 130 Å². The quantitative estimate of drug-likeness (QED) is 0.849. The number of carbonyl (C=O) groups is 2. The lowest BCUT2D eigenvalue weighted by Gasteiger charge is -2.26. The molecular weight excluding hydrogens is 280 g/mol. The number of benzene rings is 1. The van der Waals surface area contributed by atoms with Crippen LogP contribution in [0.3, 0.4) is 0 Å². The average molecular weight is 302 g/mol. The van der Waals surface area contributed by atoms with Gasteiger partial charge in [0.2, 0.25) is 11.8 Å². The maximum atomic E-state index is 12.6. The number of rotatable bonds is 4. The highest BCUT2D eigenvalue weighted by Crippen LogP contribution is 2.27. The normalized spacial score (nSPS) is 20.0. The van der Waals surface area contributed by atoms with E-state index in [1.165, 1.54) is 12.5 Å². The second kappa shape index (κ2) is 6.48. The summed E-state index contributed by atoms with van der Waals surface area (Å²) in [5, 5.41) is 0. The molecule has 118 valence electrons. The Kier molecular flexibility index (Phi) is 4.43. The number of fused-ring (bicyclic) bond motifs is 1. The molecule has 0 aromatic heterocycles. The number of nitrogens with zero attached hydrogens (tertiary/aromatic N) is 2. The first-order valence-electron chi connectivity index (χ1n) is 7.90. The van der Waals surface area contributed by atoms with Crippen molar-refractivity contribution in [2.45, 2.75) is 32.3 Å². The van der Waals surface area contributed by atoms with Crippen LogP contribution in [0.2, 0.25) is 0 Å². The highest BCUT2D eigenvalue weighted by Gasteiger charge is 2.28. The Bertz CT molecular complexity index is 567. The summed E-state index contributed by atoms with van der Waals surface area (Å²) in [5.41, 5.74) is 2.18. The van der Waals surface area contributed by atoms with Crippen molar-refractivity contribution in [3.8, 4) is 0 Å². The summed E-state index contributed by atoms with van der Waals surface area (Å²) in [6.45, 7) is 3.61. The van der Waals surface area contributed by atoms with E-state index in [1.807, 2.05) is 18.2 Å². The van der Waals surface area contributed by atoms with Crippen LogP contribution in [0, 0.1) is 0 Å². The predicted octanol–water partition coefficient (Wildman–Crippen LogP) is 1.60. The summed E-state index contributed by atoms with van der Waals surface area (Å²) < 4.78 is 5.58. The van der Waals surface area contributed by atoms with E-state index in [0.29, 0.717) is 13.1 Å². The number of amides is 2. The van der Waals surface area contributed by atoms with Gasteiger partial charge in [-0.3, -0.25) is 9.59 Å². The topological polar surface area (TPSA) is 49.9 Å². The van der Waals surface area contributed by atoms with Crippen molar-refractivity contribution in [2.75, 3.05) is 31.1 Å². The molecule has 0 radical (unpaired) electrons. The molecule has 1 saturated heterocycles. The molecule has 0 bridgehead atoms. The van der Waals surface area contributed by atoms with Gasteiger partial charge in [0.25, 0.3) is 0 Å². The second-order valence-corrected chi connectivity index (χ2v) is 5.96. The van der Waals surface area contributed by atoms with Gasteiger partial charge in [-0.05, 0) is 30.9 Å². The number of ether oxygens (including phenoxy) is 1. The van der Waals surface area contributed by atoms with Crippen LogP contribution in [0.1, 0.15) is 25.3 Å². The second-order valence-electron chi connectivity index (χ2n) is 5.96. The van der Waals surface area contributed by atoms with Gasteiger partial charge in [-0.2, -0.15) is 0 Å². The molecule has 2 heterocycles. The first kappa shape index (κ1) is 15.0. The lowest BCUT2D eigenvalue weighted by atomic mass is 10.2. The third-order valence-electron chi connectivity index (χ3n) is 4.41. The van der Waals surface area contributed by atoms with Crippen molar-refractivity contribution < 1.29 is 14.3 Å². The van der Waals surface area contributed by atoms with Gasteiger partial charge in [0.15, 0.2) is 0 Å². The minimum absolute atomic E-state index is 0.0156. The summed E-state index contributed by atoms with van der Waals surface area (Å²) >= 11 is 0. The van der Waals surface area contributed by atoms with Crippen molar-refractivity contribution in [1.29, 1.82) is 0 Å². The molecule has 2 aliphatic rings. The van der Waals surface area contributed by atoms with E-state index >= 15 is 0 Å². The Morgan fingerprint density at radius 3 is 2.91 bits per heavy atom. The largest absolute Gasteiger partial charge is 0.376 e. The average Bonchev–Trinajstić information content (AvgIpc) is 3.15. The Morgan fingerprint density at radius 1 is 1.36 bits per heavy atom. The van der Waals surface area contributed by atoms with E-state index in [-0.39, 0.29) is 24.5 Å². The van der Waals surface area contributed by atoms with Gasteiger partial charge in [-0.25, -0.2) is 0 Å². The standard InChI is InChI=1S/C17H22N2O3/c1-13(20)18(11-15-6-4-10-22-15)12-17(21)19-9-8-14-5-2-3-7-16(14)19/h2-3,5,7,15H,4,6,8-12H2,1H3. The fourth-order valence-corrected chi connectivity index (χ4v) is 3.18. The van der Waals surface area contributed by atoms with Crippen molar-refractivity contribution >= 4 is 17.5 Å². The molecule has 2 amide bonds. The van der Waals surface area contributed by atoms with E-state index in [9.17, 15) is 9.59 Å². The first-order chi connectivity index (χ1) is 10.6. The summed E-state index contributed by atoms with van der Waals surface area (Å²) in [5.74, 6) is -0.0884. The molecule has 5 heteroatoms. The molecule has 0 spiro atoms. The van der Waals surface area contributed by atoms with Crippen LogP contribution < -0.4 is 4.90 Å². The van der Waals surface area contributed by atoms with E-state index in [1.54, 1.807) is 9.80 Å². The molecule has 1 fully saturated rings. The lowest BCUT2D eigenvalue weighted by molar-refractivity contribution is -0.134. The first-order valence-corrected chi connectivity index (χ1v) is 7.90. The molecule has 1 aromatic rings. The van der Waals surface area contributed by atoms with Crippen LogP contribution in [-0.2, 0) is 20.7 Å². The Balaban J connectivity index is 1.65. The van der Waals surface area contributed by atoms with Gasteiger partial charge in [0, 0.05) is 32.3 Å². The maximum Gasteiger partial charge on any atom is 0.246 e. The lowest BCUT2D eigenvalue weighted by Crippen LogP contribution is -2.44. The molecule has 3 rings (SSSR count). The van der Waals surface area contributed by atoms with Crippen molar-refractivity contribution in [3.05, 3.63) is 29.8 Å². The third-order valence-corrected chi connectivity index (χ3v) is 4.41. The summed E-state index contributed by atoms with van der Waals surface area (Å²) in [6, 6.07) is 7.96. The van der Waals surface area contributed by atoms with Gasteiger partial charge in [0.1, 0.15) is 6.54 Å². The third kappa shape index (κ3) is 3.14. The summed E-state index contributed by atoms with van der Waals surface area (Å²) in [7, 11) is 0. The minimum atomic E-state index is -0.0728. The Morgan fingerprint density at radius 2 is 2.18 bits per heavy atom. The molecule has 2 aliphatic heterocycles. The van der Waals surface area contributed by atoms with Gasteiger partial charge in [-0.15, -0.1) is 0 Å². The Hall–Kier alpha value is -1.88. The van der Waals surface area contributed by atoms with Crippen LogP contribution in [0.4, 0.5) is 5.69 Å². The predicted molar refractivity (Wildman–Crippen MR) is 83.7 cm³/mol. The molecule has 0 saturated carbocycles. The highest BCUT2D eigenvalue weighted by atomic mass is 16.5.